The van der Waals surface area contributed by atoms with Crippen LogP contribution in [-0.2, 0) is 0 Å². The summed E-state index contributed by atoms with van der Waals surface area (Å²) in [4.78, 5) is 16.6. The Morgan fingerprint density at radius 1 is 0.415 bits per heavy atom. The van der Waals surface area contributed by atoms with E-state index in [2.05, 4.69) is 34.2 Å². The number of nitrogens with one attached hydrogen (secondary N) is 2. The van der Waals surface area contributed by atoms with Gasteiger partial charge < -0.3 is 19.4 Å². The molecule has 8 rings (SSSR count). The topological polar surface area (TPSA) is 75.8 Å². The lowest BCUT2D eigenvalue weighted by molar-refractivity contribution is 0.355. The van der Waals surface area contributed by atoms with Gasteiger partial charge in [0, 0.05) is 38.4 Å². The number of rotatable bonds is 8. The number of aromatic nitrogens is 4. The fourth-order valence-electron chi connectivity index (χ4n) is 5.98. The number of hydrogen-bond acceptors (Lipinski definition) is 4. The van der Waals surface area contributed by atoms with Gasteiger partial charge >= 0.3 is 0 Å². The Morgan fingerprint density at radius 3 is 1.36 bits per heavy atom. The van der Waals surface area contributed by atoms with Gasteiger partial charge in [-0.25, -0.2) is 9.97 Å². The zero-order valence-corrected chi connectivity index (χ0v) is 31.0. The van der Waals surface area contributed by atoms with Crippen LogP contribution in [0.1, 0.15) is 0 Å². The first-order valence-corrected chi connectivity index (χ1v) is 17.9. The van der Waals surface area contributed by atoms with Crippen LogP contribution in [0.5, 0.6) is 11.5 Å². The number of halogens is 3. The van der Waals surface area contributed by atoms with Gasteiger partial charge in [0.1, 0.15) is 11.6 Å². The molecular weight excluding hydrogens is 723 g/mol. The van der Waals surface area contributed by atoms with Gasteiger partial charge in [0.2, 0.25) is 0 Å². The maximum Gasteiger partial charge on any atom is 0.161 e. The van der Waals surface area contributed by atoms with E-state index in [1.54, 1.807) is 14.2 Å². The first-order chi connectivity index (χ1) is 25.9. The maximum atomic E-state index is 6.49. The van der Waals surface area contributed by atoms with E-state index in [-0.39, 0.29) is 0 Å². The van der Waals surface area contributed by atoms with Crippen molar-refractivity contribution in [3.05, 3.63) is 167 Å². The van der Waals surface area contributed by atoms with Crippen LogP contribution in [0, 0.1) is 0 Å². The minimum Gasteiger partial charge on any atom is -0.493 e. The minimum atomic E-state index is 0.617. The SMILES string of the molecule is COc1ccc(-c2nc(-c3ccccc3Cl)[nH]c2-c2ccccc2Cl)cc1OC.Clc1ccccc1-c1nc(-c2ccccc2)c(-c2ccccc2)[nH]1. The molecule has 6 aromatic carbocycles. The number of aromatic amines is 2. The molecule has 0 aliphatic heterocycles. The number of methoxy groups -OCH3 is 2. The number of H-pyrrole nitrogens is 2. The summed E-state index contributed by atoms with van der Waals surface area (Å²) in [6, 6.07) is 49.1. The first kappa shape index (κ1) is 35.6. The molecule has 0 fully saturated rings. The molecule has 262 valence electrons. The summed E-state index contributed by atoms with van der Waals surface area (Å²) in [6.07, 6.45) is 0. The van der Waals surface area contributed by atoms with Crippen molar-refractivity contribution in [3.8, 4) is 79.3 Å². The lowest BCUT2D eigenvalue weighted by atomic mass is 10.0. The van der Waals surface area contributed by atoms with Gasteiger partial charge in [-0.3, -0.25) is 0 Å². The Balaban J connectivity index is 0.000000167. The van der Waals surface area contributed by atoms with E-state index in [1.807, 2.05) is 127 Å². The van der Waals surface area contributed by atoms with E-state index < -0.39 is 0 Å². The molecule has 0 saturated heterocycles. The predicted molar refractivity (Wildman–Crippen MR) is 218 cm³/mol. The van der Waals surface area contributed by atoms with Crippen molar-refractivity contribution in [2.45, 2.75) is 0 Å². The molecule has 0 aliphatic rings. The van der Waals surface area contributed by atoms with Crippen molar-refractivity contribution in [1.29, 1.82) is 0 Å². The molecule has 0 unspecified atom stereocenters. The van der Waals surface area contributed by atoms with Gasteiger partial charge in [-0.05, 0) is 48.5 Å². The molecular formula is C44H33Cl3N4O2. The highest BCUT2D eigenvalue weighted by Crippen LogP contribution is 2.40. The smallest absolute Gasteiger partial charge is 0.161 e. The predicted octanol–water partition coefficient (Wildman–Crippen LogP) is 12.8. The molecule has 2 N–H and O–H groups in total. The zero-order chi connectivity index (χ0) is 36.7. The van der Waals surface area contributed by atoms with Crippen molar-refractivity contribution >= 4 is 34.8 Å². The van der Waals surface area contributed by atoms with E-state index in [0.29, 0.717) is 32.4 Å². The summed E-state index contributed by atoms with van der Waals surface area (Å²) in [5.41, 5.74) is 9.08. The molecule has 2 heterocycles. The highest BCUT2D eigenvalue weighted by atomic mass is 35.5. The van der Waals surface area contributed by atoms with Crippen LogP contribution in [0.4, 0.5) is 0 Å². The molecule has 2 aromatic heterocycles. The molecule has 0 aliphatic carbocycles. The van der Waals surface area contributed by atoms with E-state index >= 15 is 0 Å². The third-order valence-corrected chi connectivity index (χ3v) is 9.56. The van der Waals surface area contributed by atoms with Crippen molar-refractivity contribution in [1.82, 2.24) is 19.9 Å². The lowest BCUT2D eigenvalue weighted by Gasteiger charge is -2.10. The quantitative estimate of drug-likeness (QED) is 0.162. The summed E-state index contributed by atoms with van der Waals surface area (Å²) < 4.78 is 10.8. The van der Waals surface area contributed by atoms with Crippen LogP contribution in [0.25, 0.3) is 67.8 Å². The maximum absolute atomic E-state index is 6.49. The fraction of sp³-hybridized carbons (Fsp3) is 0.0455. The monoisotopic (exact) mass is 754 g/mol. The van der Waals surface area contributed by atoms with Crippen LogP contribution in [0.15, 0.2) is 152 Å². The summed E-state index contributed by atoms with van der Waals surface area (Å²) >= 11 is 19.3. The van der Waals surface area contributed by atoms with Gasteiger partial charge in [0.05, 0.1) is 47.0 Å². The molecule has 0 spiro atoms. The second-order valence-electron chi connectivity index (χ2n) is 11.9. The number of benzene rings is 6. The van der Waals surface area contributed by atoms with Crippen molar-refractivity contribution in [2.24, 2.45) is 0 Å². The van der Waals surface area contributed by atoms with Gasteiger partial charge in [0.25, 0.3) is 0 Å². The van der Waals surface area contributed by atoms with E-state index in [4.69, 9.17) is 54.2 Å². The molecule has 0 atom stereocenters. The average Bonchev–Trinajstić information content (AvgIpc) is 3.85. The highest BCUT2D eigenvalue weighted by molar-refractivity contribution is 6.34. The van der Waals surface area contributed by atoms with E-state index in [9.17, 15) is 0 Å². The molecule has 0 radical (unpaired) electrons. The fourth-order valence-corrected chi connectivity index (χ4v) is 6.66. The standard InChI is InChI=1S/C23H18Cl2N2O2.C21H15ClN2/c1-28-19-12-11-14(13-20(19)29-2)21-22(15-7-3-5-9-17(15)24)27-23(26-21)16-8-4-6-10-18(16)25;22-18-14-8-7-13-17(18)21-23-19(15-9-3-1-4-10-15)20(24-21)16-11-5-2-6-12-16/h3-13H,1-2H3,(H,26,27);1-14H,(H,23,24). The molecule has 0 saturated carbocycles. The van der Waals surface area contributed by atoms with Gasteiger partial charge in [-0.1, -0.05) is 138 Å². The summed E-state index contributed by atoms with van der Waals surface area (Å²) in [5.74, 6) is 2.71. The van der Waals surface area contributed by atoms with E-state index in [1.165, 1.54) is 0 Å². The van der Waals surface area contributed by atoms with Crippen LogP contribution in [0.2, 0.25) is 15.1 Å². The van der Waals surface area contributed by atoms with Crippen molar-refractivity contribution < 1.29 is 9.47 Å². The zero-order valence-electron chi connectivity index (χ0n) is 28.8. The number of nitrogens with zero attached hydrogens (tertiary/aromatic N) is 2. The normalized spacial score (nSPS) is 10.7. The largest absolute Gasteiger partial charge is 0.493 e. The number of hydrogen-bond donors (Lipinski definition) is 2. The van der Waals surface area contributed by atoms with Crippen LogP contribution in [0.3, 0.4) is 0 Å². The van der Waals surface area contributed by atoms with Crippen molar-refractivity contribution in [2.75, 3.05) is 14.2 Å². The molecule has 9 heteroatoms. The van der Waals surface area contributed by atoms with Gasteiger partial charge in [-0.15, -0.1) is 0 Å². The molecule has 8 aromatic rings. The third kappa shape index (κ3) is 7.71. The van der Waals surface area contributed by atoms with Gasteiger partial charge in [0.15, 0.2) is 11.5 Å². The van der Waals surface area contributed by atoms with Crippen molar-refractivity contribution in [3.63, 3.8) is 0 Å². The van der Waals surface area contributed by atoms with Crippen LogP contribution in [-0.4, -0.2) is 34.2 Å². The second-order valence-corrected chi connectivity index (χ2v) is 13.1. The van der Waals surface area contributed by atoms with Gasteiger partial charge in [-0.2, -0.15) is 0 Å². The molecule has 0 bridgehead atoms. The Morgan fingerprint density at radius 2 is 0.849 bits per heavy atom. The van der Waals surface area contributed by atoms with Crippen LogP contribution < -0.4 is 9.47 Å². The second kappa shape index (κ2) is 16.3. The van der Waals surface area contributed by atoms with Crippen LogP contribution >= 0.6 is 34.8 Å². The lowest BCUT2D eigenvalue weighted by Crippen LogP contribution is -1.92. The first-order valence-electron chi connectivity index (χ1n) is 16.7. The summed E-state index contributed by atoms with van der Waals surface area (Å²) in [6.45, 7) is 0. The Kier molecular flexibility index (Phi) is 10.9. The number of ether oxygens (including phenoxy) is 2. The van der Waals surface area contributed by atoms with E-state index in [0.717, 1.165) is 62.0 Å². The Labute approximate surface area is 323 Å². The Hall–Kier alpha value is -5.79. The summed E-state index contributed by atoms with van der Waals surface area (Å²) in [7, 11) is 3.22. The average molecular weight is 756 g/mol. The molecule has 0 amide bonds. The third-order valence-electron chi connectivity index (χ3n) is 8.58. The highest BCUT2D eigenvalue weighted by Gasteiger charge is 2.20. The Bertz CT molecular complexity index is 2420. The summed E-state index contributed by atoms with van der Waals surface area (Å²) in [5, 5.41) is 1.93. The molecule has 6 nitrogen and oxygen atoms in total. The number of imidazole rings is 2. The minimum absolute atomic E-state index is 0.617. The molecule has 53 heavy (non-hydrogen) atoms.